The van der Waals surface area contributed by atoms with Gasteiger partial charge in [-0.05, 0) is 30.4 Å². The largest absolute Gasteiger partial charge is 0.449 e. The van der Waals surface area contributed by atoms with Crippen LogP contribution in [0.3, 0.4) is 0 Å². The molecule has 0 aliphatic carbocycles. The molecule has 1 aromatic carbocycles. The number of carbonyl (C=O) groups excluding carboxylic acids is 1. The summed E-state index contributed by atoms with van der Waals surface area (Å²) < 4.78 is 5.50. The molecule has 21 heavy (non-hydrogen) atoms. The van der Waals surface area contributed by atoms with Gasteiger partial charge in [0.1, 0.15) is 0 Å². The number of fused-ring (bicyclic) bond motifs is 1. The molecule has 0 unspecified atom stereocenters. The molecule has 1 aromatic heterocycles. The van der Waals surface area contributed by atoms with E-state index in [0.29, 0.717) is 17.2 Å². The third kappa shape index (κ3) is 3.99. The van der Waals surface area contributed by atoms with E-state index in [1.54, 1.807) is 12.1 Å². The predicted octanol–water partition coefficient (Wildman–Crippen LogP) is 3.61. The molecule has 114 valence electrons. The smallest absolute Gasteiger partial charge is 0.287 e. The Kier molecular flexibility index (Phi) is 4.91. The number of aliphatic hydroxyl groups is 1. The fraction of sp³-hybridized carbons (Fsp3) is 0.438. The molecule has 2 rings (SSSR count). The summed E-state index contributed by atoms with van der Waals surface area (Å²) in [6.45, 7) is 4.68. The van der Waals surface area contributed by atoms with Gasteiger partial charge < -0.3 is 14.8 Å². The van der Waals surface area contributed by atoms with E-state index in [1.165, 1.54) is 0 Å². The van der Waals surface area contributed by atoms with Crippen molar-refractivity contribution in [2.75, 3.05) is 13.2 Å². The van der Waals surface area contributed by atoms with Crippen LogP contribution in [0.5, 0.6) is 0 Å². The van der Waals surface area contributed by atoms with Crippen molar-refractivity contribution in [1.29, 1.82) is 0 Å². The Bertz CT molecular complexity index is 633. The summed E-state index contributed by atoms with van der Waals surface area (Å²) in [5, 5.41) is 13.3. The van der Waals surface area contributed by atoms with Gasteiger partial charge >= 0.3 is 0 Å². The van der Waals surface area contributed by atoms with Gasteiger partial charge in [0.2, 0.25) is 0 Å². The number of benzene rings is 1. The molecule has 0 spiro atoms. The van der Waals surface area contributed by atoms with E-state index in [9.17, 15) is 9.90 Å². The summed E-state index contributed by atoms with van der Waals surface area (Å²) in [6.07, 6.45) is 1.65. The molecule has 0 radical (unpaired) electrons. The highest BCUT2D eigenvalue weighted by atomic mass is 35.5. The Morgan fingerprint density at radius 1 is 1.43 bits per heavy atom. The van der Waals surface area contributed by atoms with Crippen LogP contribution < -0.4 is 5.32 Å². The molecular formula is C16H20ClNO3. The number of hydrogen-bond donors (Lipinski definition) is 2. The van der Waals surface area contributed by atoms with Gasteiger partial charge in [0, 0.05) is 18.5 Å². The van der Waals surface area contributed by atoms with E-state index in [2.05, 4.69) is 5.32 Å². The van der Waals surface area contributed by atoms with Gasteiger partial charge in [-0.15, -0.1) is 0 Å². The first-order chi connectivity index (χ1) is 9.93. The third-order valence-corrected chi connectivity index (χ3v) is 3.76. The van der Waals surface area contributed by atoms with E-state index < -0.39 is 0 Å². The molecule has 0 aliphatic heterocycles. The maximum Gasteiger partial charge on any atom is 0.287 e. The quantitative estimate of drug-likeness (QED) is 0.801. The first kappa shape index (κ1) is 15.9. The molecule has 1 heterocycles. The molecule has 2 aromatic rings. The van der Waals surface area contributed by atoms with Crippen molar-refractivity contribution in [3.05, 3.63) is 35.0 Å². The Morgan fingerprint density at radius 2 is 2.19 bits per heavy atom. The molecule has 5 heteroatoms. The van der Waals surface area contributed by atoms with E-state index in [0.717, 1.165) is 18.2 Å². The van der Waals surface area contributed by atoms with Crippen molar-refractivity contribution < 1.29 is 14.3 Å². The van der Waals surface area contributed by atoms with Crippen LogP contribution in [0.2, 0.25) is 5.02 Å². The number of halogens is 1. The molecule has 0 saturated heterocycles. The highest BCUT2D eigenvalue weighted by Gasteiger charge is 2.17. The van der Waals surface area contributed by atoms with Crippen molar-refractivity contribution in [1.82, 2.24) is 5.32 Å². The zero-order valence-corrected chi connectivity index (χ0v) is 13.0. The highest BCUT2D eigenvalue weighted by molar-refractivity contribution is 6.34. The normalized spacial score (nSPS) is 11.8. The average Bonchev–Trinajstić information content (AvgIpc) is 2.89. The summed E-state index contributed by atoms with van der Waals surface area (Å²) >= 11 is 6.02. The summed E-state index contributed by atoms with van der Waals surface area (Å²) in [7, 11) is 0. The number of carbonyl (C=O) groups is 1. The van der Waals surface area contributed by atoms with E-state index in [-0.39, 0.29) is 23.7 Å². The number of rotatable bonds is 6. The number of amides is 1. The fourth-order valence-corrected chi connectivity index (χ4v) is 2.29. The Hall–Kier alpha value is -1.52. The third-order valence-electron chi connectivity index (χ3n) is 3.46. The van der Waals surface area contributed by atoms with Crippen molar-refractivity contribution >= 4 is 28.5 Å². The molecule has 0 bridgehead atoms. The lowest BCUT2D eigenvalue weighted by Crippen LogP contribution is -2.26. The summed E-state index contributed by atoms with van der Waals surface area (Å²) in [4.78, 5) is 12.0. The number of aliphatic hydroxyl groups excluding tert-OH is 1. The van der Waals surface area contributed by atoms with Crippen LogP contribution in [0.4, 0.5) is 0 Å². The maximum absolute atomic E-state index is 12.0. The van der Waals surface area contributed by atoms with Gasteiger partial charge in [0.05, 0.1) is 5.02 Å². The lowest BCUT2D eigenvalue weighted by Gasteiger charge is -2.21. The SMILES string of the molecule is CC(C)(CO)CCCNC(=O)c1cc2cccc(Cl)c2o1. The lowest BCUT2D eigenvalue weighted by atomic mass is 9.89. The summed E-state index contributed by atoms with van der Waals surface area (Å²) in [6, 6.07) is 7.09. The van der Waals surface area contributed by atoms with Crippen LogP contribution in [-0.4, -0.2) is 24.2 Å². The first-order valence-electron chi connectivity index (χ1n) is 7.00. The van der Waals surface area contributed by atoms with Crippen molar-refractivity contribution in [2.24, 2.45) is 5.41 Å². The second kappa shape index (κ2) is 6.50. The van der Waals surface area contributed by atoms with Gasteiger partial charge in [0.15, 0.2) is 11.3 Å². The molecule has 0 aliphatic rings. The topological polar surface area (TPSA) is 62.5 Å². The van der Waals surface area contributed by atoms with Gasteiger partial charge in [-0.1, -0.05) is 37.6 Å². The fourth-order valence-electron chi connectivity index (χ4n) is 2.07. The van der Waals surface area contributed by atoms with E-state index >= 15 is 0 Å². The first-order valence-corrected chi connectivity index (χ1v) is 7.38. The standard InChI is InChI=1S/C16H20ClNO3/c1-16(2,10-19)7-4-8-18-15(20)13-9-11-5-3-6-12(17)14(11)21-13/h3,5-6,9,19H,4,7-8,10H2,1-2H3,(H,18,20). The molecule has 0 saturated carbocycles. The second-order valence-corrected chi connectivity index (χ2v) is 6.36. The molecular weight excluding hydrogens is 290 g/mol. The number of furan rings is 1. The van der Waals surface area contributed by atoms with Crippen LogP contribution in [0.1, 0.15) is 37.2 Å². The van der Waals surface area contributed by atoms with Gasteiger partial charge in [0.25, 0.3) is 5.91 Å². The van der Waals surface area contributed by atoms with Crippen LogP contribution in [-0.2, 0) is 0 Å². The minimum absolute atomic E-state index is 0.113. The highest BCUT2D eigenvalue weighted by Crippen LogP contribution is 2.26. The second-order valence-electron chi connectivity index (χ2n) is 5.95. The zero-order chi connectivity index (χ0) is 15.5. The molecule has 2 N–H and O–H groups in total. The van der Waals surface area contributed by atoms with Crippen LogP contribution in [0.25, 0.3) is 11.0 Å². The minimum atomic E-state index is -0.246. The zero-order valence-electron chi connectivity index (χ0n) is 12.3. The van der Waals surface area contributed by atoms with Crippen molar-refractivity contribution in [3.8, 4) is 0 Å². The number of hydrogen-bond acceptors (Lipinski definition) is 3. The molecule has 0 fully saturated rings. The Morgan fingerprint density at radius 3 is 2.86 bits per heavy atom. The molecule has 0 atom stereocenters. The number of nitrogens with one attached hydrogen (secondary N) is 1. The minimum Gasteiger partial charge on any atom is -0.449 e. The summed E-state index contributed by atoms with van der Waals surface area (Å²) in [5.74, 6) is 0.0172. The maximum atomic E-state index is 12.0. The van der Waals surface area contributed by atoms with E-state index in [1.807, 2.05) is 26.0 Å². The van der Waals surface area contributed by atoms with Crippen LogP contribution in [0, 0.1) is 5.41 Å². The van der Waals surface area contributed by atoms with Gasteiger partial charge in [-0.25, -0.2) is 0 Å². The van der Waals surface area contributed by atoms with Gasteiger partial charge in [-0.3, -0.25) is 4.79 Å². The van der Waals surface area contributed by atoms with Crippen molar-refractivity contribution in [3.63, 3.8) is 0 Å². The van der Waals surface area contributed by atoms with Gasteiger partial charge in [-0.2, -0.15) is 0 Å². The van der Waals surface area contributed by atoms with E-state index in [4.69, 9.17) is 16.0 Å². The lowest BCUT2D eigenvalue weighted by molar-refractivity contribution is 0.0923. The van der Waals surface area contributed by atoms with Crippen LogP contribution >= 0.6 is 11.6 Å². The monoisotopic (exact) mass is 309 g/mol. The average molecular weight is 310 g/mol. The predicted molar refractivity (Wildman–Crippen MR) is 83.7 cm³/mol. The summed E-state index contributed by atoms with van der Waals surface area (Å²) in [5.41, 5.74) is 0.420. The van der Waals surface area contributed by atoms with Crippen LogP contribution in [0.15, 0.2) is 28.7 Å². The van der Waals surface area contributed by atoms with Crippen molar-refractivity contribution in [2.45, 2.75) is 26.7 Å². The molecule has 4 nitrogen and oxygen atoms in total. The Labute approximate surface area is 129 Å². The Balaban J connectivity index is 1.92. The molecule has 1 amide bonds. The number of para-hydroxylation sites is 1.